The second kappa shape index (κ2) is 13.8. The minimum atomic E-state index is 0. The van der Waals surface area contributed by atoms with Gasteiger partial charge in [-0.2, -0.15) is 0 Å². The number of methoxy groups -OCH3 is 1. The van der Waals surface area contributed by atoms with E-state index in [-0.39, 0.29) is 24.0 Å². The zero-order valence-corrected chi connectivity index (χ0v) is 16.1. The van der Waals surface area contributed by atoms with E-state index in [4.69, 9.17) is 9.47 Å². The normalized spacial score (nSPS) is 11.0. The maximum Gasteiger partial charge on any atom is 0.191 e. The smallest absolute Gasteiger partial charge is 0.191 e. The number of hydrogen-bond donors (Lipinski definition) is 2. The lowest BCUT2D eigenvalue weighted by molar-refractivity contribution is 0.0733. The van der Waals surface area contributed by atoms with Crippen LogP contribution in [-0.2, 0) is 16.0 Å². The minimum Gasteiger partial charge on any atom is -0.382 e. The van der Waals surface area contributed by atoms with Gasteiger partial charge in [0.2, 0.25) is 0 Å². The fraction of sp³-hybridized carbons (Fsp3) is 0.562. The lowest BCUT2D eigenvalue weighted by atomic mass is 10.1. The maximum atomic E-state index is 5.41. The summed E-state index contributed by atoms with van der Waals surface area (Å²) < 4.78 is 10.3. The average molecular weight is 421 g/mol. The fourth-order valence-corrected chi connectivity index (χ4v) is 1.81. The highest BCUT2D eigenvalue weighted by atomic mass is 127. The lowest BCUT2D eigenvalue weighted by Gasteiger charge is -2.11. The fourth-order valence-electron chi connectivity index (χ4n) is 1.81. The summed E-state index contributed by atoms with van der Waals surface area (Å²) in [5.74, 6) is 0.814. The van der Waals surface area contributed by atoms with Crippen LogP contribution in [0.5, 0.6) is 0 Å². The van der Waals surface area contributed by atoms with Crippen molar-refractivity contribution in [1.82, 2.24) is 10.6 Å². The molecule has 0 aliphatic heterocycles. The molecule has 0 aliphatic rings. The Morgan fingerprint density at radius 1 is 1.18 bits per heavy atom. The molecule has 1 aromatic rings. The molecule has 0 fully saturated rings. The van der Waals surface area contributed by atoms with Gasteiger partial charge in [0.05, 0.1) is 26.4 Å². The predicted molar refractivity (Wildman–Crippen MR) is 102 cm³/mol. The molecule has 0 atom stereocenters. The standard InChI is InChI=1S/C16H27N3O2.HI/c1-4-17-16(18-8-9-21-11-10-20-3)19-13-15-7-5-6-14(2)12-15;/h5-7,12H,4,8-11,13H2,1-3H3,(H2,17,18,19);1H. The van der Waals surface area contributed by atoms with Crippen molar-refractivity contribution < 1.29 is 9.47 Å². The number of benzene rings is 1. The van der Waals surface area contributed by atoms with Gasteiger partial charge >= 0.3 is 0 Å². The van der Waals surface area contributed by atoms with E-state index in [1.54, 1.807) is 7.11 Å². The van der Waals surface area contributed by atoms with E-state index in [0.717, 1.165) is 19.0 Å². The van der Waals surface area contributed by atoms with Crippen molar-refractivity contribution in [2.75, 3.05) is 40.0 Å². The van der Waals surface area contributed by atoms with E-state index in [2.05, 4.69) is 53.7 Å². The van der Waals surface area contributed by atoms with Gasteiger partial charge in [-0.25, -0.2) is 4.99 Å². The van der Waals surface area contributed by atoms with E-state index in [1.165, 1.54) is 11.1 Å². The molecule has 0 amide bonds. The Labute approximate surface area is 150 Å². The van der Waals surface area contributed by atoms with Crippen LogP contribution in [0.1, 0.15) is 18.1 Å². The number of nitrogens with one attached hydrogen (secondary N) is 2. The molecule has 5 nitrogen and oxygen atoms in total. The second-order valence-electron chi connectivity index (χ2n) is 4.72. The Morgan fingerprint density at radius 2 is 2.00 bits per heavy atom. The number of nitrogens with zero attached hydrogens (tertiary/aromatic N) is 1. The first-order valence-electron chi connectivity index (χ1n) is 7.40. The first-order chi connectivity index (χ1) is 10.3. The van der Waals surface area contributed by atoms with Gasteiger partial charge in [0.1, 0.15) is 0 Å². The van der Waals surface area contributed by atoms with Gasteiger partial charge in [0.15, 0.2) is 5.96 Å². The Bertz CT molecular complexity index is 428. The van der Waals surface area contributed by atoms with Gasteiger partial charge < -0.3 is 20.1 Å². The first-order valence-corrected chi connectivity index (χ1v) is 7.40. The molecule has 22 heavy (non-hydrogen) atoms. The van der Waals surface area contributed by atoms with E-state index >= 15 is 0 Å². The van der Waals surface area contributed by atoms with E-state index in [9.17, 15) is 0 Å². The van der Waals surface area contributed by atoms with Crippen molar-refractivity contribution in [3.8, 4) is 0 Å². The van der Waals surface area contributed by atoms with Crippen LogP contribution in [0.25, 0.3) is 0 Å². The van der Waals surface area contributed by atoms with Crippen LogP contribution in [0.2, 0.25) is 0 Å². The largest absolute Gasteiger partial charge is 0.382 e. The molecule has 0 unspecified atom stereocenters. The molecule has 0 saturated heterocycles. The van der Waals surface area contributed by atoms with E-state index in [1.807, 2.05) is 0 Å². The Balaban J connectivity index is 0.00000441. The van der Waals surface area contributed by atoms with Gasteiger partial charge in [-0.05, 0) is 19.4 Å². The number of halogens is 1. The highest BCUT2D eigenvalue weighted by Gasteiger charge is 1.97. The number of aryl methyl sites for hydroxylation is 1. The lowest BCUT2D eigenvalue weighted by Crippen LogP contribution is -2.39. The van der Waals surface area contributed by atoms with Crippen molar-refractivity contribution in [2.45, 2.75) is 20.4 Å². The third-order valence-corrected chi connectivity index (χ3v) is 2.82. The van der Waals surface area contributed by atoms with Gasteiger partial charge in [-0.1, -0.05) is 29.8 Å². The maximum absolute atomic E-state index is 5.41. The molecule has 1 rings (SSSR count). The molecule has 0 saturated carbocycles. The SMILES string of the molecule is CCNC(=NCc1cccc(C)c1)NCCOCCOC.I. The van der Waals surface area contributed by atoms with Crippen LogP contribution < -0.4 is 10.6 Å². The summed E-state index contributed by atoms with van der Waals surface area (Å²) in [4.78, 5) is 4.57. The van der Waals surface area contributed by atoms with Gasteiger partial charge in [-0.3, -0.25) is 0 Å². The number of guanidine groups is 1. The summed E-state index contributed by atoms with van der Waals surface area (Å²) in [5, 5.41) is 6.48. The molecule has 1 aromatic carbocycles. The van der Waals surface area contributed by atoms with Crippen LogP contribution in [0.3, 0.4) is 0 Å². The summed E-state index contributed by atoms with van der Waals surface area (Å²) in [5.41, 5.74) is 2.47. The molecule has 0 aromatic heterocycles. The van der Waals surface area contributed by atoms with Crippen LogP contribution in [0.15, 0.2) is 29.3 Å². The van der Waals surface area contributed by atoms with Crippen molar-refractivity contribution in [2.24, 2.45) is 4.99 Å². The van der Waals surface area contributed by atoms with Crippen LogP contribution in [0, 0.1) is 6.92 Å². The van der Waals surface area contributed by atoms with Crippen molar-refractivity contribution in [3.63, 3.8) is 0 Å². The molecular formula is C16H28IN3O2. The Morgan fingerprint density at radius 3 is 2.68 bits per heavy atom. The van der Waals surface area contributed by atoms with Crippen LogP contribution >= 0.6 is 24.0 Å². The highest BCUT2D eigenvalue weighted by molar-refractivity contribution is 14.0. The molecular weight excluding hydrogens is 393 g/mol. The monoisotopic (exact) mass is 421 g/mol. The number of aliphatic imine (C=N–C) groups is 1. The minimum absolute atomic E-state index is 0. The highest BCUT2D eigenvalue weighted by Crippen LogP contribution is 2.04. The molecule has 0 aliphatic carbocycles. The molecule has 0 heterocycles. The molecule has 2 N–H and O–H groups in total. The molecule has 6 heteroatoms. The number of ether oxygens (including phenoxy) is 2. The van der Waals surface area contributed by atoms with Gasteiger partial charge in [0, 0.05) is 20.2 Å². The zero-order valence-electron chi connectivity index (χ0n) is 13.7. The molecule has 0 bridgehead atoms. The zero-order chi connectivity index (χ0) is 15.3. The van der Waals surface area contributed by atoms with E-state index in [0.29, 0.717) is 26.4 Å². The third-order valence-electron chi connectivity index (χ3n) is 2.82. The molecule has 0 spiro atoms. The quantitative estimate of drug-likeness (QED) is 0.278. The summed E-state index contributed by atoms with van der Waals surface area (Å²) in [6.07, 6.45) is 0. The topological polar surface area (TPSA) is 54.9 Å². The van der Waals surface area contributed by atoms with Crippen molar-refractivity contribution in [1.29, 1.82) is 0 Å². The summed E-state index contributed by atoms with van der Waals surface area (Å²) in [6, 6.07) is 8.40. The average Bonchev–Trinajstić information content (AvgIpc) is 2.48. The molecule has 0 radical (unpaired) electrons. The third kappa shape index (κ3) is 9.97. The summed E-state index contributed by atoms with van der Waals surface area (Å²) in [6.45, 7) is 8.26. The van der Waals surface area contributed by atoms with Crippen molar-refractivity contribution in [3.05, 3.63) is 35.4 Å². The van der Waals surface area contributed by atoms with Crippen LogP contribution in [0.4, 0.5) is 0 Å². The van der Waals surface area contributed by atoms with Crippen LogP contribution in [-0.4, -0.2) is 46.0 Å². The first kappa shape index (κ1) is 21.1. The number of hydrogen-bond acceptors (Lipinski definition) is 3. The van der Waals surface area contributed by atoms with Crippen molar-refractivity contribution >= 4 is 29.9 Å². The summed E-state index contributed by atoms with van der Waals surface area (Å²) >= 11 is 0. The van der Waals surface area contributed by atoms with Gasteiger partial charge in [0.25, 0.3) is 0 Å². The molecule has 126 valence electrons. The Kier molecular flexibility index (Phi) is 13.2. The van der Waals surface area contributed by atoms with E-state index < -0.39 is 0 Å². The summed E-state index contributed by atoms with van der Waals surface area (Å²) in [7, 11) is 1.67. The predicted octanol–water partition coefficient (Wildman–Crippen LogP) is 2.33. The number of rotatable bonds is 9. The second-order valence-corrected chi connectivity index (χ2v) is 4.72. The Hall–Kier alpha value is -0.860. The van der Waals surface area contributed by atoms with Gasteiger partial charge in [-0.15, -0.1) is 24.0 Å².